The third-order valence-corrected chi connectivity index (χ3v) is 5.70. The van der Waals surface area contributed by atoms with E-state index in [9.17, 15) is 13.2 Å². The van der Waals surface area contributed by atoms with Crippen LogP contribution in [0.2, 0.25) is 0 Å². The minimum atomic E-state index is -3.53. The highest BCUT2D eigenvalue weighted by Gasteiger charge is 2.29. The molecule has 0 spiro atoms. The molecule has 7 nitrogen and oxygen atoms in total. The minimum Gasteiger partial charge on any atom is -0.354 e. The van der Waals surface area contributed by atoms with Crippen molar-refractivity contribution < 1.29 is 13.2 Å². The van der Waals surface area contributed by atoms with Crippen molar-refractivity contribution in [3.05, 3.63) is 29.8 Å². The van der Waals surface area contributed by atoms with E-state index in [2.05, 4.69) is 40.7 Å². The first-order chi connectivity index (χ1) is 11.9. The summed E-state index contributed by atoms with van der Waals surface area (Å²) >= 11 is 0. The van der Waals surface area contributed by atoms with Gasteiger partial charge in [-0.05, 0) is 32.1 Å². The first-order valence-corrected chi connectivity index (χ1v) is 10.0. The number of carbonyl (C=O) groups is 1. The van der Waals surface area contributed by atoms with Crippen LogP contribution in [0.1, 0.15) is 32.8 Å². The number of rotatable bonds is 8. The van der Waals surface area contributed by atoms with Crippen molar-refractivity contribution in [2.24, 2.45) is 4.99 Å². The zero-order valence-corrected chi connectivity index (χ0v) is 15.8. The molecule has 0 fully saturated rings. The van der Waals surface area contributed by atoms with Gasteiger partial charge in [0.1, 0.15) is 5.84 Å². The van der Waals surface area contributed by atoms with E-state index in [1.54, 1.807) is 24.3 Å². The number of hydrogen-bond acceptors (Lipinski definition) is 5. The minimum absolute atomic E-state index is 0.0857. The zero-order valence-electron chi connectivity index (χ0n) is 14.9. The molecule has 1 aromatic rings. The molecule has 2 N–H and O–H groups in total. The number of nitrogens with zero attached hydrogens (tertiary/aromatic N) is 2. The number of nitrogens with one attached hydrogen (secondary N) is 2. The van der Waals surface area contributed by atoms with Crippen LogP contribution in [0.4, 0.5) is 0 Å². The summed E-state index contributed by atoms with van der Waals surface area (Å²) in [5.74, 6) is 0.220. The van der Waals surface area contributed by atoms with Gasteiger partial charge in [-0.25, -0.2) is 8.42 Å². The number of sulfonamides is 1. The molecule has 25 heavy (non-hydrogen) atoms. The smallest absolute Gasteiger partial charge is 0.263 e. The van der Waals surface area contributed by atoms with Crippen molar-refractivity contribution in [3.8, 4) is 0 Å². The molecule has 0 saturated carbocycles. The van der Waals surface area contributed by atoms with Gasteiger partial charge in [-0.2, -0.15) is 0 Å². The predicted octanol–water partition coefficient (Wildman–Crippen LogP) is 0.962. The standard InChI is InChI=1S/C17H26N4O3S/c1-4-21(5-2)13(3)12-19-16(22)10-11-18-17-14-8-6-7-9-15(14)25(23,24)20-17/h6-9,13H,4-5,10-12H2,1-3H3,(H,18,20)(H,19,22). The Morgan fingerprint density at radius 2 is 1.96 bits per heavy atom. The third kappa shape index (κ3) is 4.79. The van der Waals surface area contributed by atoms with Crippen LogP contribution in [0, 0.1) is 0 Å². The maximum atomic E-state index is 12.0. The van der Waals surface area contributed by atoms with Crippen LogP contribution >= 0.6 is 0 Å². The largest absolute Gasteiger partial charge is 0.354 e. The summed E-state index contributed by atoms with van der Waals surface area (Å²) in [5.41, 5.74) is 0.554. The fraction of sp³-hybridized carbons (Fsp3) is 0.529. The average molecular weight is 366 g/mol. The van der Waals surface area contributed by atoms with Crippen LogP contribution in [0.3, 0.4) is 0 Å². The molecule has 1 aromatic carbocycles. The predicted molar refractivity (Wildman–Crippen MR) is 98.2 cm³/mol. The number of benzene rings is 1. The van der Waals surface area contributed by atoms with Crippen molar-refractivity contribution in [1.82, 2.24) is 14.9 Å². The maximum absolute atomic E-state index is 12.0. The number of amides is 1. The van der Waals surface area contributed by atoms with Crippen molar-refractivity contribution in [1.29, 1.82) is 0 Å². The Kier molecular flexibility index (Phi) is 6.55. The SMILES string of the molecule is CCN(CC)C(C)CNC(=O)CCN=C1NS(=O)(=O)c2ccccc21. The highest BCUT2D eigenvalue weighted by Crippen LogP contribution is 2.22. The van der Waals surface area contributed by atoms with Gasteiger partial charge in [-0.1, -0.05) is 26.0 Å². The summed E-state index contributed by atoms with van der Waals surface area (Å²) in [4.78, 5) is 18.7. The molecule has 138 valence electrons. The van der Waals surface area contributed by atoms with Crippen LogP contribution in [0.5, 0.6) is 0 Å². The van der Waals surface area contributed by atoms with E-state index in [0.717, 1.165) is 13.1 Å². The van der Waals surface area contributed by atoms with Crippen molar-refractivity contribution in [2.45, 2.75) is 38.1 Å². The molecule has 0 radical (unpaired) electrons. The van der Waals surface area contributed by atoms with Gasteiger partial charge >= 0.3 is 0 Å². The lowest BCUT2D eigenvalue weighted by molar-refractivity contribution is -0.121. The number of amidine groups is 1. The van der Waals surface area contributed by atoms with Gasteiger partial charge in [0.05, 0.1) is 11.4 Å². The van der Waals surface area contributed by atoms with Crippen molar-refractivity contribution >= 4 is 21.8 Å². The molecule has 1 aliphatic rings. The van der Waals surface area contributed by atoms with Crippen LogP contribution in [0.15, 0.2) is 34.2 Å². The summed E-state index contributed by atoms with van der Waals surface area (Å²) in [5, 5.41) is 2.90. The van der Waals surface area contributed by atoms with Crippen molar-refractivity contribution in [2.75, 3.05) is 26.2 Å². The molecule has 1 heterocycles. The van der Waals surface area contributed by atoms with Gasteiger partial charge < -0.3 is 5.32 Å². The highest BCUT2D eigenvalue weighted by molar-refractivity contribution is 7.90. The van der Waals surface area contributed by atoms with Gasteiger partial charge in [-0.3, -0.25) is 19.4 Å². The lowest BCUT2D eigenvalue weighted by atomic mass is 10.2. The Balaban J connectivity index is 1.87. The summed E-state index contributed by atoms with van der Waals surface area (Å²) in [6, 6.07) is 6.96. The molecule has 1 unspecified atom stereocenters. The Morgan fingerprint density at radius 3 is 2.64 bits per heavy atom. The van der Waals surface area contributed by atoms with Gasteiger partial charge in [-0.15, -0.1) is 0 Å². The highest BCUT2D eigenvalue weighted by atomic mass is 32.2. The molecule has 0 bridgehead atoms. The Morgan fingerprint density at radius 1 is 1.28 bits per heavy atom. The second kappa shape index (κ2) is 8.44. The second-order valence-electron chi connectivity index (χ2n) is 5.96. The molecule has 8 heteroatoms. The first-order valence-electron chi connectivity index (χ1n) is 8.56. The Bertz CT molecular complexity index is 742. The van der Waals surface area contributed by atoms with E-state index in [1.165, 1.54) is 0 Å². The summed E-state index contributed by atoms with van der Waals surface area (Å²) in [6.07, 6.45) is 0.221. The number of fused-ring (bicyclic) bond motifs is 1. The molecule has 2 rings (SSSR count). The summed E-state index contributed by atoms with van der Waals surface area (Å²) in [7, 11) is -3.53. The number of carbonyl (C=O) groups excluding carboxylic acids is 1. The van der Waals surface area contributed by atoms with Crippen LogP contribution in [-0.2, 0) is 14.8 Å². The van der Waals surface area contributed by atoms with E-state index in [0.29, 0.717) is 17.9 Å². The third-order valence-electron chi connectivity index (χ3n) is 4.30. The number of likely N-dealkylation sites (N-methyl/N-ethyl adjacent to an activating group) is 1. The second-order valence-corrected chi connectivity index (χ2v) is 7.61. The van der Waals surface area contributed by atoms with Crippen LogP contribution in [-0.4, -0.2) is 57.3 Å². The molecule has 0 saturated heterocycles. The monoisotopic (exact) mass is 366 g/mol. The summed E-state index contributed by atoms with van der Waals surface area (Å²) in [6.45, 7) is 8.99. The molecule has 0 aliphatic carbocycles. The molecular formula is C17H26N4O3S. The number of aliphatic imine (C=N–C) groups is 1. The van der Waals surface area contributed by atoms with Crippen molar-refractivity contribution in [3.63, 3.8) is 0 Å². The summed E-state index contributed by atoms with van der Waals surface area (Å²) < 4.78 is 26.4. The molecule has 1 amide bonds. The van der Waals surface area contributed by atoms with Gasteiger partial charge in [0.2, 0.25) is 5.91 Å². The van der Waals surface area contributed by atoms with Crippen LogP contribution in [0.25, 0.3) is 0 Å². The number of hydrogen-bond donors (Lipinski definition) is 2. The molecule has 1 aliphatic heterocycles. The van der Waals surface area contributed by atoms with Gasteiger partial charge in [0, 0.05) is 24.6 Å². The topological polar surface area (TPSA) is 90.9 Å². The lowest BCUT2D eigenvalue weighted by Crippen LogP contribution is -2.42. The van der Waals surface area contributed by atoms with E-state index < -0.39 is 10.0 Å². The molecule has 1 atom stereocenters. The van der Waals surface area contributed by atoms with E-state index in [-0.39, 0.29) is 29.8 Å². The Hall–Kier alpha value is -1.93. The van der Waals surface area contributed by atoms with Gasteiger partial charge in [0.25, 0.3) is 10.0 Å². The van der Waals surface area contributed by atoms with Crippen LogP contribution < -0.4 is 10.0 Å². The van der Waals surface area contributed by atoms with E-state index >= 15 is 0 Å². The average Bonchev–Trinajstić information content (AvgIpc) is 2.85. The van der Waals surface area contributed by atoms with Gasteiger partial charge in [0.15, 0.2) is 0 Å². The Labute approximate surface area is 149 Å². The fourth-order valence-electron chi connectivity index (χ4n) is 2.85. The molecule has 0 aromatic heterocycles. The lowest BCUT2D eigenvalue weighted by Gasteiger charge is -2.26. The quantitative estimate of drug-likeness (QED) is 0.717. The normalized spacial score (nSPS) is 18.0. The first kappa shape index (κ1) is 19.4. The zero-order chi connectivity index (χ0) is 18.4. The molecular weight excluding hydrogens is 340 g/mol. The van der Waals surface area contributed by atoms with E-state index in [1.807, 2.05) is 0 Å². The fourth-order valence-corrected chi connectivity index (χ4v) is 4.10. The maximum Gasteiger partial charge on any atom is 0.263 e. The van der Waals surface area contributed by atoms with E-state index in [4.69, 9.17) is 0 Å².